The van der Waals surface area contributed by atoms with E-state index in [0.29, 0.717) is 0 Å². The molecule has 1 unspecified atom stereocenters. The average molecular weight is 278 g/mol. The summed E-state index contributed by atoms with van der Waals surface area (Å²) in [7, 11) is 0. The lowest BCUT2D eigenvalue weighted by atomic mass is 10.2. The lowest BCUT2D eigenvalue weighted by Crippen LogP contribution is -2.30. The molecule has 1 N–H and O–H groups in total. The van der Waals surface area contributed by atoms with Gasteiger partial charge < -0.3 is 14.6 Å². The normalized spacial score (nSPS) is 13.1. The summed E-state index contributed by atoms with van der Waals surface area (Å²) in [6, 6.07) is 4.00. The molecule has 0 spiro atoms. The molecule has 0 aromatic heterocycles. The van der Waals surface area contributed by atoms with Crippen LogP contribution in [0.3, 0.4) is 0 Å². The zero-order valence-electron chi connectivity index (χ0n) is 10.1. The molecule has 0 saturated heterocycles. The molecular formula is C12H13F3O4. The fourth-order valence-electron chi connectivity index (χ4n) is 1.30. The highest BCUT2D eigenvalue weighted by Crippen LogP contribution is 2.30. The molecular weight excluding hydrogens is 265 g/mol. The number of aliphatic carboxylic acids is 1. The number of carbonyl (C=O) groups is 1. The molecule has 19 heavy (non-hydrogen) atoms. The lowest BCUT2D eigenvalue weighted by molar-refractivity contribution is -0.152. The Hall–Kier alpha value is -1.76. The van der Waals surface area contributed by atoms with Gasteiger partial charge in [0.15, 0.2) is 6.10 Å². The number of benzene rings is 1. The molecule has 106 valence electrons. The maximum atomic E-state index is 12.3. The summed E-state index contributed by atoms with van der Waals surface area (Å²) >= 11 is 0. The van der Waals surface area contributed by atoms with Gasteiger partial charge in [0.1, 0.15) is 12.4 Å². The number of carboxylic acid groups (broad SMARTS) is 1. The third kappa shape index (κ3) is 4.78. The summed E-state index contributed by atoms with van der Waals surface area (Å²) in [6.45, 7) is 1.57. The molecule has 0 aliphatic heterocycles. The van der Waals surface area contributed by atoms with Gasteiger partial charge in [-0.15, -0.1) is 0 Å². The molecule has 0 heterocycles. The Morgan fingerprint density at radius 1 is 1.32 bits per heavy atom. The maximum absolute atomic E-state index is 12.3. The predicted molar refractivity (Wildman–Crippen MR) is 60.0 cm³/mol. The van der Waals surface area contributed by atoms with Crippen molar-refractivity contribution >= 4 is 5.97 Å². The first-order chi connectivity index (χ1) is 8.84. The first-order valence-electron chi connectivity index (χ1n) is 5.49. The van der Waals surface area contributed by atoms with Crippen LogP contribution in [0, 0.1) is 0 Å². The second-order valence-corrected chi connectivity index (χ2v) is 3.62. The van der Waals surface area contributed by atoms with Gasteiger partial charge in [-0.2, -0.15) is 13.2 Å². The van der Waals surface area contributed by atoms with E-state index in [0.717, 1.165) is 24.3 Å². The van der Waals surface area contributed by atoms with Crippen LogP contribution < -0.4 is 4.74 Å². The predicted octanol–water partition coefficient (Wildman–Crippen LogP) is 2.57. The molecule has 0 aliphatic carbocycles. The Morgan fingerprint density at radius 3 is 2.32 bits per heavy atom. The smallest absolute Gasteiger partial charge is 0.416 e. The Kier molecular flexibility index (Phi) is 5.17. The molecule has 0 radical (unpaired) electrons. The minimum atomic E-state index is -4.41. The summed E-state index contributed by atoms with van der Waals surface area (Å²) in [5, 5.41) is 8.78. The van der Waals surface area contributed by atoms with E-state index in [1.807, 2.05) is 0 Å². The second kappa shape index (κ2) is 6.42. The topological polar surface area (TPSA) is 55.8 Å². The van der Waals surface area contributed by atoms with Gasteiger partial charge in [0.05, 0.1) is 5.56 Å². The van der Waals surface area contributed by atoms with Crippen LogP contribution in [0.1, 0.15) is 12.5 Å². The van der Waals surface area contributed by atoms with E-state index in [9.17, 15) is 18.0 Å². The van der Waals surface area contributed by atoms with Gasteiger partial charge in [0, 0.05) is 6.61 Å². The highest BCUT2D eigenvalue weighted by molar-refractivity contribution is 5.72. The summed E-state index contributed by atoms with van der Waals surface area (Å²) in [6.07, 6.45) is -5.56. The molecule has 1 aromatic carbocycles. The van der Waals surface area contributed by atoms with E-state index < -0.39 is 23.8 Å². The van der Waals surface area contributed by atoms with Crippen LogP contribution >= 0.6 is 0 Å². The lowest BCUT2D eigenvalue weighted by Gasteiger charge is -2.14. The van der Waals surface area contributed by atoms with Gasteiger partial charge in [-0.25, -0.2) is 4.79 Å². The van der Waals surface area contributed by atoms with Gasteiger partial charge >= 0.3 is 12.1 Å². The molecule has 1 atom stereocenters. The van der Waals surface area contributed by atoms with Gasteiger partial charge in [-0.1, -0.05) is 0 Å². The van der Waals surface area contributed by atoms with Crippen molar-refractivity contribution in [1.29, 1.82) is 0 Å². The Labute approximate surface area is 107 Å². The van der Waals surface area contributed by atoms with Crippen molar-refractivity contribution in [3.05, 3.63) is 29.8 Å². The molecule has 0 fully saturated rings. The van der Waals surface area contributed by atoms with E-state index in [1.165, 1.54) is 0 Å². The molecule has 1 rings (SSSR count). The van der Waals surface area contributed by atoms with Gasteiger partial charge in [-0.3, -0.25) is 0 Å². The van der Waals surface area contributed by atoms with E-state index >= 15 is 0 Å². The third-order valence-corrected chi connectivity index (χ3v) is 2.23. The zero-order chi connectivity index (χ0) is 14.5. The molecule has 7 heteroatoms. The summed E-state index contributed by atoms with van der Waals surface area (Å²) in [5.41, 5.74) is -0.792. The first-order valence-corrected chi connectivity index (χ1v) is 5.49. The number of halogens is 3. The van der Waals surface area contributed by atoms with Crippen molar-refractivity contribution in [2.24, 2.45) is 0 Å². The molecule has 0 bridgehead atoms. The van der Waals surface area contributed by atoms with Gasteiger partial charge in [0.2, 0.25) is 0 Å². The van der Waals surface area contributed by atoms with Crippen LogP contribution in [-0.2, 0) is 15.7 Å². The number of alkyl halides is 3. The van der Waals surface area contributed by atoms with E-state index in [4.69, 9.17) is 14.6 Å². The standard InChI is InChI=1S/C12H13F3O4/c1-2-18-10(11(16)17)7-19-9-5-3-8(4-6-9)12(13,14)15/h3-6,10H,2,7H2,1H3,(H,16,17). The van der Waals surface area contributed by atoms with Crippen LogP contribution in [0.4, 0.5) is 13.2 Å². The average Bonchev–Trinajstić information content (AvgIpc) is 2.33. The Bertz CT molecular complexity index is 414. The zero-order valence-corrected chi connectivity index (χ0v) is 10.1. The van der Waals surface area contributed by atoms with Crippen LogP contribution in [0.2, 0.25) is 0 Å². The summed E-state index contributed by atoms with van der Waals surface area (Å²) < 4.78 is 46.9. The van der Waals surface area contributed by atoms with Crippen molar-refractivity contribution < 1.29 is 32.5 Å². The van der Waals surface area contributed by atoms with Crippen LogP contribution in [0.15, 0.2) is 24.3 Å². The van der Waals surface area contributed by atoms with Crippen LogP contribution in [0.25, 0.3) is 0 Å². The minimum Gasteiger partial charge on any atom is -0.490 e. The van der Waals surface area contributed by atoms with Crippen molar-refractivity contribution in [3.63, 3.8) is 0 Å². The first kappa shape index (κ1) is 15.3. The number of carboxylic acids is 1. The van der Waals surface area contributed by atoms with Gasteiger partial charge in [0.25, 0.3) is 0 Å². The SMILES string of the molecule is CCOC(COc1ccc(C(F)(F)F)cc1)C(=O)O. The number of hydrogen-bond acceptors (Lipinski definition) is 3. The molecule has 0 aliphatic rings. The van der Waals surface area contributed by atoms with Crippen molar-refractivity contribution in [2.75, 3.05) is 13.2 Å². The number of ether oxygens (including phenoxy) is 2. The van der Waals surface area contributed by atoms with Crippen LogP contribution in [-0.4, -0.2) is 30.4 Å². The van der Waals surface area contributed by atoms with Gasteiger partial charge in [-0.05, 0) is 31.2 Å². The molecule has 0 amide bonds. The molecule has 0 saturated carbocycles. The fraction of sp³-hybridized carbons (Fsp3) is 0.417. The summed E-state index contributed by atoms with van der Waals surface area (Å²) in [5.74, 6) is -1.03. The highest BCUT2D eigenvalue weighted by atomic mass is 19.4. The Balaban J connectivity index is 2.61. The second-order valence-electron chi connectivity index (χ2n) is 3.62. The highest BCUT2D eigenvalue weighted by Gasteiger charge is 2.30. The third-order valence-electron chi connectivity index (χ3n) is 2.23. The van der Waals surface area contributed by atoms with Crippen molar-refractivity contribution in [2.45, 2.75) is 19.2 Å². The van der Waals surface area contributed by atoms with E-state index in [2.05, 4.69) is 0 Å². The summed E-state index contributed by atoms with van der Waals surface area (Å²) in [4.78, 5) is 10.7. The quantitative estimate of drug-likeness (QED) is 0.869. The van der Waals surface area contributed by atoms with Crippen LogP contribution in [0.5, 0.6) is 5.75 Å². The maximum Gasteiger partial charge on any atom is 0.416 e. The van der Waals surface area contributed by atoms with Crippen molar-refractivity contribution in [3.8, 4) is 5.75 Å². The molecule has 4 nitrogen and oxygen atoms in total. The Morgan fingerprint density at radius 2 is 1.89 bits per heavy atom. The number of rotatable bonds is 6. The van der Waals surface area contributed by atoms with E-state index in [1.54, 1.807) is 6.92 Å². The fourth-order valence-corrected chi connectivity index (χ4v) is 1.30. The minimum absolute atomic E-state index is 0.152. The monoisotopic (exact) mass is 278 g/mol. The van der Waals surface area contributed by atoms with Crippen molar-refractivity contribution in [1.82, 2.24) is 0 Å². The largest absolute Gasteiger partial charge is 0.490 e. The number of hydrogen-bond donors (Lipinski definition) is 1. The van der Waals surface area contributed by atoms with E-state index in [-0.39, 0.29) is 19.0 Å². The molecule has 1 aromatic rings.